The molecule has 1 aliphatic rings. The van der Waals surface area contributed by atoms with Crippen LogP contribution in [-0.2, 0) is 0 Å². The second-order valence-electron chi connectivity index (χ2n) is 4.74. The summed E-state index contributed by atoms with van der Waals surface area (Å²) in [4.78, 5) is 0. The Bertz CT molecular complexity index is 316. The van der Waals surface area contributed by atoms with Gasteiger partial charge in [-0.1, -0.05) is 38.2 Å². The van der Waals surface area contributed by atoms with Crippen LogP contribution in [0.5, 0.6) is 5.75 Å². The molecule has 0 unspecified atom stereocenters. The highest BCUT2D eigenvalue weighted by Gasteiger charge is 2.10. The van der Waals surface area contributed by atoms with Gasteiger partial charge in [0.1, 0.15) is 5.75 Å². The number of nitrogens with one attached hydrogen (secondary N) is 1. The largest absolute Gasteiger partial charge is 0.508 e. The third-order valence-electron chi connectivity index (χ3n) is 3.32. The van der Waals surface area contributed by atoms with Gasteiger partial charge in [-0.25, -0.2) is 0 Å². The fourth-order valence-electron chi connectivity index (χ4n) is 2.43. The van der Waals surface area contributed by atoms with Gasteiger partial charge >= 0.3 is 0 Å². The van der Waals surface area contributed by atoms with Crippen molar-refractivity contribution in [3.63, 3.8) is 0 Å². The molecule has 1 aromatic rings. The predicted molar refractivity (Wildman–Crippen MR) is 67.8 cm³/mol. The lowest BCUT2D eigenvalue weighted by Gasteiger charge is -2.22. The predicted octanol–water partition coefficient (Wildman–Crippen LogP) is 3.92. The Morgan fingerprint density at radius 1 is 1.00 bits per heavy atom. The number of phenols is 1. The minimum absolute atomic E-state index is 0.343. The Labute approximate surface area is 97.7 Å². The van der Waals surface area contributed by atoms with Gasteiger partial charge < -0.3 is 10.4 Å². The van der Waals surface area contributed by atoms with E-state index in [0.717, 1.165) is 5.69 Å². The van der Waals surface area contributed by atoms with E-state index in [1.165, 1.54) is 44.9 Å². The summed E-state index contributed by atoms with van der Waals surface area (Å²) in [5.41, 5.74) is 1.05. The number of hydrogen-bond acceptors (Lipinski definition) is 2. The van der Waals surface area contributed by atoms with E-state index in [-0.39, 0.29) is 0 Å². The molecule has 0 atom stereocenters. The van der Waals surface area contributed by atoms with Crippen LogP contribution in [0.3, 0.4) is 0 Å². The summed E-state index contributed by atoms with van der Waals surface area (Å²) in [6.45, 7) is 0. The minimum Gasteiger partial charge on any atom is -0.508 e. The van der Waals surface area contributed by atoms with E-state index in [1.54, 1.807) is 12.1 Å². The quantitative estimate of drug-likeness (QED) is 0.790. The maximum atomic E-state index is 9.40. The highest BCUT2D eigenvalue weighted by molar-refractivity contribution is 5.48. The summed E-state index contributed by atoms with van der Waals surface area (Å²) < 4.78 is 0. The number of anilines is 1. The molecule has 1 aromatic carbocycles. The summed E-state index contributed by atoms with van der Waals surface area (Å²) in [5.74, 6) is 0.343. The molecule has 1 fully saturated rings. The van der Waals surface area contributed by atoms with Gasteiger partial charge in [0.2, 0.25) is 0 Å². The van der Waals surface area contributed by atoms with Crippen LogP contribution in [0.1, 0.15) is 44.9 Å². The van der Waals surface area contributed by atoms with Crippen molar-refractivity contribution in [3.8, 4) is 5.75 Å². The summed E-state index contributed by atoms with van der Waals surface area (Å²) >= 11 is 0. The van der Waals surface area contributed by atoms with E-state index in [9.17, 15) is 5.11 Å². The number of rotatable bonds is 2. The van der Waals surface area contributed by atoms with Crippen LogP contribution in [0.2, 0.25) is 0 Å². The second kappa shape index (κ2) is 5.78. The third kappa shape index (κ3) is 3.44. The molecular weight excluding hydrogens is 198 g/mol. The van der Waals surface area contributed by atoms with Crippen LogP contribution in [0.15, 0.2) is 24.3 Å². The summed E-state index contributed by atoms with van der Waals surface area (Å²) in [6.07, 6.45) is 9.33. The Balaban J connectivity index is 1.91. The van der Waals surface area contributed by atoms with E-state index in [0.29, 0.717) is 11.8 Å². The molecule has 0 amide bonds. The molecule has 0 bridgehead atoms. The average Bonchev–Trinajstić information content (AvgIpc) is 2.22. The van der Waals surface area contributed by atoms with Crippen molar-refractivity contribution in [3.05, 3.63) is 24.3 Å². The van der Waals surface area contributed by atoms with E-state index in [1.807, 2.05) is 12.1 Å². The first-order valence-electron chi connectivity index (χ1n) is 6.40. The molecule has 2 N–H and O–H groups in total. The van der Waals surface area contributed by atoms with Crippen LogP contribution >= 0.6 is 0 Å². The van der Waals surface area contributed by atoms with Crippen LogP contribution in [0.4, 0.5) is 5.69 Å². The van der Waals surface area contributed by atoms with Gasteiger partial charge in [-0.15, -0.1) is 0 Å². The molecule has 0 heterocycles. The lowest BCUT2D eigenvalue weighted by molar-refractivity contribution is 0.468. The monoisotopic (exact) mass is 219 g/mol. The van der Waals surface area contributed by atoms with Gasteiger partial charge in [0.05, 0.1) is 0 Å². The number of benzene rings is 1. The van der Waals surface area contributed by atoms with Gasteiger partial charge in [-0.05, 0) is 25.0 Å². The number of aromatic hydroxyl groups is 1. The molecule has 0 aromatic heterocycles. The summed E-state index contributed by atoms with van der Waals surface area (Å²) in [5, 5.41) is 12.9. The Hall–Kier alpha value is -1.18. The Kier molecular flexibility index (Phi) is 4.09. The molecule has 16 heavy (non-hydrogen) atoms. The van der Waals surface area contributed by atoms with Crippen molar-refractivity contribution in [2.24, 2.45) is 0 Å². The van der Waals surface area contributed by atoms with E-state index in [4.69, 9.17) is 0 Å². The van der Waals surface area contributed by atoms with Crippen molar-refractivity contribution in [2.75, 3.05) is 5.32 Å². The molecule has 2 rings (SSSR count). The second-order valence-corrected chi connectivity index (χ2v) is 4.74. The van der Waals surface area contributed by atoms with Gasteiger partial charge in [0.15, 0.2) is 0 Å². The highest BCUT2D eigenvalue weighted by Crippen LogP contribution is 2.22. The Morgan fingerprint density at radius 3 is 2.38 bits per heavy atom. The fourth-order valence-corrected chi connectivity index (χ4v) is 2.43. The number of hydrogen-bond donors (Lipinski definition) is 2. The lowest BCUT2D eigenvalue weighted by atomic mass is 9.96. The van der Waals surface area contributed by atoms with Gasteiger partial charge in [-0.3, -0.25) is 0 Å². The molecule has 88 valence electrons. The third-order valence-corrected chi connectivity index (χ3v) is 3.32. The zero-order chi connectivity index (χ0) is 11.2. The molecule has 2 heteroatoms. The standard InChI is InChI=1S/C14H21NO/c16-14-10-6-9-13(11-14)15-12-7-4-2-1-3-5-8-12/h6,9-12,15-16H,1-5,7-8H2. The van der Waals surface area contributed by atoms with E-state index < -0.39 is 0 Å². The minimum atomic E-state index is 0.343. The molecule has 2 nitrogen and oxygen atoms in total. The van der Waals surface area contributed by atoms with Crippen LogP contribution in [0.25, 0.3) is 0 Å². The Morgan fingerprint density at radius 2 is 1.69 bits per heavy atom. The van der Waals surface area contributed by atoms with Crippen LogP contribution in [-0.4, -0.2) is 11.1 Å². The van der Waals surface area contributed by atoms with Crippen molar-refractivity contribution in [2.45, 2.75) is 51.0 Å². The summed E-state index contributed by atoms with van der Waals surface area (Å²) in [6, 6.07) is 8.02. The average molecular weight is 219 g/mol. The molecule has 0 radical (unpaired) electrons. The maximum absolute atomic E-state index is 9.40. The molecule has 0 aliphatic heterocycles. The zero-order valence-corrected chi connectivity index (χ0v) is 9.78. The molecule has 0 saturated heterocycles. The lowest BCUT2D eigenvalue weighted by Crippen LogP contribution is -2.20. The molecular formula is C14H21NO. The first-order chi connectivity index (χ1) is 7.84. The van der Waals surface area contributed by atoms with Gasteiger partial charge in [0.25, 0.3) is 0 Å². The van der Waals surface area contributed by atoms with Crippen LogP contribution < -0.4 is 5.32 Å². The fraction of sp³-hybridized carbons (Fsp3) is 0.571. The first-order valence-corrected chi connectivity index (χ1v) is 6.40. The topological polar surface area (TPSA) is 32.3 Å². The van der Waals surface area contributed by atoms with Crippen LogP contribution in [0, 0.1) is 0 Å². The number of phenolic OH excluding ortho intramolecular Hbond substituents is 1. The zero-order valence-electron chi connectivity index (χ0n) is 9.78. The van der Waals surface area contributed by atoms with Crippen molar-refractivity contribution < 1.29 is 5.11 Å². The highest BCUT2D eigenvalue weighted by atomic mass is 16.3. The van der Waals surface area contributed by atoms with Gasteiger partial charge in [0, 0.05) is 17.8 Å². The van der Waals surface area contributed by atoms with Crippen molar-refractivity contribution in [1.82, 2.24) is 0 Å². The SMILES string of the molecule is Oc1cccc(NC2CCCCCCC2)c1. The van der Waals surface area contributed by atoms with Crippen molar-refractivity contribution in [1.29, 1.82) is 0 Å². The van der Waals surface area contributed by atoms with E-state index in [2.05, 4.69) is 5.32 Å². The maximum Gasteiger partial charge on any atom is 0.117 e. The first kappa shape index (κ1) is 11.3. The summed E-state index contributed by atoms with van der Waals surface area (Å²) in [7, 11) is 0. The van der Waals surface area contributed by atoms with Crippen molar-refractivity contribution >= 4 is 5.69 Å². The van der Waals surface area contributed by atoms with E-state index >= 15 is 0 Å². The molecule has 1 saturated carbocycles. The smallest absolute Gasteiger partial charge is 0.117 e. The molecule has 0 spiro atoms. The normalized spacial score (nSPS) is 18.8. The molecule has 1 aliphatic carbocycles. The van der Waals surface area contributed by atoms with Gasteiger partial charge in [-0.2, -0.15) is 0 Å².